The van der Waals surface area contributed by atoms with Crippen molar-refractivity contribution in [3.8, 4) is 5.75 Å². The van der Waals surface area contributed by atoms with Crippen LogP contribution in [0.15, 0.2) is 18.2 Å². The topological polar surface area (TPSA) is 55.5 Å². The Bertz CT molecular complexity index is 534. The maximum atomic E-state index is 9.54. The smallest absolute Gasteiger partial charge is 0.122 e. The number of aliphatic hydroxyl groups is 1. The molecule has 2 aliphatic carbocycles. The van der Waals surface area contributed by atoms with Gasteiger partial charge >= 0.3 is 0 Å². The lowest BCUT2D eigenvalue weighted by molar-refractivity contribution is 0.200. The van der Waals surface area contributed by atoms with E-state index in [1.165, 1.54) is 17.5 Å². The van der Waals surface area contributed by atoms with Crippen molar-refractivity contribution < 1.29 is 9.84 Å². The maximum absolute atomic E-state index is 9.54. The third kappa shape index (κ3) is 3.04. The van der Waals surface area contributed by atoms with Crippen LogP contribution in [0.3, 0.4) is 0 Å². The number of aliphatic hydroxyl groups excluding tert-OH is 1. The van der Waals surface area contributed by atoms with Crippen molar-refractivity contribution in [2.75, 3.05) is 6.61 Å². The van der Waals surface area contributed by atoms with Gasteiger partial charge in [-0.1, -0.05) is 12.1 Å². The first-order valence-electron chi connectivity index (χ1n) is 8.49. The number of hydrogen-bond acceptors (Lipinski definition) is 3. The minimum absolute atomic E-state index is 0.0866. The molecule has 3 rings (SSSR count). The van der Waals surface area contributed by atoms with Crippen molar-refractivity contribution in [1.82, 2.24) is 0 Å². The van der Waals surface area contributed by atoms with Crippen LogP contribution in [0, 0.1) is 11.8 Å². The molecule has 0 saturated heterocycles. The van der Waals surface area contributed by atoms with Gasteiger partial charge in [-0.15, -0.1) is 9.24 Å². The Hall–Kier alpha value is -0.630. The summed E-state index contributed by atoms with van der Waals surface area (Å²) in [6.07, 6.45) is 6.21. The van der Waals surface area contributed by atoms with Crippen LogP contribution in [0.2, 0.25) is 0 Å². The first-order valence-corrected chi connectivity index (χ1v) is 9.16. The van der Waals surface area contributed by atoms with Crippen LogP contribution < -0.4 is 10.5 Å². The molecule has 0 heterocycles. The summed E-state index contributed by atoms with van der Waals surface area (Å²) in [4.78, 5) is 0. The average Bonchev–Trinajstić information content (AvgIpc) is 2.80. The van der Waals surface area contributed by atoms with Crippen LogP contribution in [0.5, 0.6) is 5.75 Å². The summed E-state index contributed by atoms with van der Waals surface area (Å²) in [5.74, 6) is 1.92. The highest BCUT2D eigenvalue weighted by molar-refractivity contribution is 7.17. The fourth-order valence-corrected chi connectivity index (χ4v) is 4.68. The summed E-state index contributed by atoms with van der Waals surface area (Å²) in [5.41, 5.74) is 9.47. The van der Waals surface area contributed by atoms with E-state index in [0.29, 0.717) is 18.4 Å². The van der Waals surface area contributed by atoms with Gasteiger partial charge < -0.3 is 15.6 Å². The number of hydrogen-bond donors (Lipinski definition) is 2. The number of rotatable bonds is 5. The van der Waals surface area contributed by atoms with Crippen molar-refractivity contribution in [3.05, 3.63) is 29.3 Å². The molecule has 2 aliphatic rings. The quantitative estimate of drug-likeness (QED) is 0.820. The van der Waals surface area contributed by atoms with Gasteiger partial charge in [-0.25, -0.2) is 0 Å². The third-order valence-electron chi connectivity index (χ3n) is 5.60. The summed E-state index contributed by atoms with van der Waals surface area (Å²) in [7, 11) is 2.49. The first-order chi connectivity index (χ1) is 10.5. The van der Waals surface area contributed by atoms with E-state index in [1.807, 2.05) is 6.92 Å². The van der Waals surface area contributed by atoms with E-state index in [-0.39, 0.29) is 11.4 Å². The molecule has 0 bridgehead atoms. The van der Waals surface area contributed by atoms with E-state index in [9.17, 15) is 5.11 Å². The molecule has 0 amide bonds. The highest BCUT2D eigenvalue weighted by atomic mass is 31.0. The Morgan fingerprint density at radius 1 is 1.50 bits per heavy atom. The number of benzene rings is 1. The molecule has 3 nitrogen and oxygen atoms in total. The minimum atomic E-state index is -0.284. The Balaban J connectivity index is 1.83. The Kier molecular flexibility index (Phi) is 4.77. The SMILES string of the molecule is CCOc1cccc2c1CC1(N)CCC(CCC(O)P)C1C2. The van der Waals surface area contributed by atoms with Gasteiger partial charge in [0.25, 0.3) is 0 Å². The number of fused-ring (bicyclic) bond motifs is 2. The monoisotopic (exact) mass is 321 g/mol. The summed E-state index contributed by atoms with van der Waals surface area (Å²) in [6, 6.07) is 6.41. The van der Waals surface area contributed by atoms with Crippen LogP contribution in [-0.4, -0.2) is 23.1 Å². The highest BCUT2D eigenvalue weighted by Gasteiger charge is 2.48. The molecule has 5 unspecified atom stereocenters. The van der Waals surface area contributed by atoms with Crippen LogP contribution in [0.1, 0.15) is 43.7 Å². The van der Waals surface area contributed by atoms with E-state index in [0.717, 1.165) is 37.9 Å². The van der Waals surface area contributed by atoms with Crippen molar-refractivity contribution >= 4 is 9.24 Å². The molecule has 0 radical (unpaired) electrons. The summed E-state index contributed by atoms with van der Waals surface area (Å²) < 4.78 is 5.81. The van der Waals surface area contributed by atoms with Gasteiger partial charge in [-0.05, 0) is 74.5 Å². The van der Waals surface area contributed by atoms with E-state index in [1.54, 1.807) is 0 Å². The zero-order chi connectivity index (χ0) is 15.7. The first kappa shape index (κ1) is 16.2. The van der Waals surface area contributed by atoms with E-state index in [4.69, 9.17) is 10.5 Å². The van der Waals surface area contributed by atoms with Crippen molar-refractivity contribution in [2.45, 2.75) is 56.8 Å². The molecule has 3 N–H and O–H groups in total. The van der Waals surface area contributed by atoms with E-state index < -0.39 is 0 Å². The molecule has 5 atom stereocenters. The van der Waals surface area contributed by atoms with Crippen LogP contribution in [0.25, 0.3) is 0 Å². The zero-order valence-corrected chi connectivity index (χ0v) is 14.6. The second-order valence-corrected chi connectivity index (χ2v) is 7.76. The molecule has 1 saturated carbocycles. The number of ether oxygens (including phenoxy) is 1. The van der Waals surface area contributed by atoms with Gasteiger partial charge in [0.05, 0.1) is 12.5 Å². The van der Waals surface area contributed by atoms with Crippen LogP contribution in [0.4, 0.5) is 0 Å². The number of nitrogens with two attached hydrogens (primary N) is 1. The summed E-state index contributed by atoms with van der Waals surface area (Å²) in [6.45, 7) is 2.73. The fraction of sp³-hybridized carbons (Fsp3) is 0.667. The lowest BCUT2D eigenvalue weighted by atomic mass is 9.69. The summed E-state index contributed by atoms with van der Waals surface area (Å²) in [5, 5.41) is 9.54. The van der Waals surface area contributed by atoms with Gasteiger partial charge in [0.15, 0.2) is 0 Å². The zero-order valence-electron chi connectivity index (χ0n) is 13.4. The van der Waals surface area contributed by atoms with Gasteiger partial charge in [-0.2, -0.15) is 0 Å². The Morgan fingerprint density at radius 2 is 2.32 bits per heavy atom. The second kappa shape index (κ2) is 6.47. The van der Waals surface area contributed by atoms with Crippen LogP contribution >= 0.6 is 9.24 Å². The van der Waals surface area contributed by atoms with E-state index >= 15 is 0 Å². The van der Waals surface area contributed by atoms with Crippen molar-refractivity contribution in [3.63, 3.8) is 0 Å². The van der Waals surface area contributed by atoms with Crippen molar-refractivity contribution in [2.24, 2.45) is 17.6 Å². The Morgan fingerprint density at radius 3 is 3.05 bits per heavy atom. The molecule has 4 heteroatoms. The highest BCUT2D eigenvalue weighted by Crippen LogP contribution is 2.49. The molecule has 1 aromatic rings. The third-order valence-corrected chi connectivity index (χ3v) is 5.93. The molecule has 122 valence electrons. The predicted molar refractivity (Wildman–Crippen MR) is 93.1 cm³/mol. The molecule has 22 heavy (non-hydrogen) atoms. The minimum Gasteiger partial charge on any atom is -0.494 e. The lowest BCUT2D eigenvalue weighted by Crippen LogP contribution is -2.50. The van der Waals surface area contributed by atoms with Gasteiger partial charge in [0.2, 0.25) is 0 Å². The Labute approximate surface area is 135 Å². The van der Waals surface area contributed by atoms with E-state index in [2.05, 4.69) is 27.4 Å². The molecular weight excluding hydrogens is 293 g/mol. The maximum Gasteiger partial charge on any atom is 0.122 e. The molecule has 0 aromatic heterocycles. The summed E-state index contributed by atoms with van der Waals surface area (Å²) >= 11 is 0. The van der Waals surface area contributed by atoms with Gasteiger partial charge in [-0.3, -0.25) is 0 Å². The van der Waals surface area contributed by atoms with Gasteiger partial charge in [0.1, 0.15) is 5.75 Å². The standard InChI is InChI=1S/C18H28NO2P/c1-2-21-16-5-3-4-13-10-15-12(6-7-17(20)22)8-9-18(15,19)11-14(13)16/h3-5,12,15,17,20H,2,6-11,19,22H2,1H3. The molecule has 0 aliphatic heterocycles. The van der Waals surface area contributed by atoms with Gasteiger partial charge in [0, 0.05) is 5.54 Å². The van der Waals surface area contributed by atoms with Crippen LogP contribution in [-0.2, 0) is 12.8 Å². The average molecular weight is 321 g/mol. The molecular formula is C18H28NO2P. The van der Waals surface area contributed by atoms with Crippen molar-refractivity contribution in [1.29, 1.82) is 0 Å². The lowest BCUT2D eigenvalue weighted by Gasteiger charge is -2.40. The molecule has 1 aromatic carbocycles. The fourth-order valence-electron chi connectivity index (χ4n) is 4.49. The molecule has 1 fully saturated rings. The molecule has 0 spiro atoms. The normalized spacial score (nSPS) is 31.5. The second-order valence-electron chi connectivity index (χ2n) is 6.99. The largest absolute Gasteiger partial charge is 0.494 e. The predicted octanol–water partition coefficient (Wildman–Crippen LogP) is 2.88.